The number of para-hydroxylation sites is 2. The number of nitrogens with zero attached hydrogens (tertiary/aromatic N) is 1. The molecule has 0 spiro atoms. The molecule has 2 amide bonds. The van der Waals surface area contributed by atoms with E-state index in [2.05, 4.69) is 20.6 Å². The van der Waals surface area contributed by atoms with Gasteiger partial charge in [0.25, 0.3) is 5.91 Å². The van der Waals surface area contributed by atoms with Crippen LogP contribution in [0.3, 0.4) is 0 Å². The van der Waals surface area contributed by atoms with Gasteiger partial charge in [0, 0.05) is 0 Å². The summed E-state index contributed by atoms with van der Waals surface area (Å²) in [6, 6.07) is 15.8. The van der Waals surface area contributed by atoms with Crippen LogP contribution in [0, 0.1) is 0 Å². The Balaban J connectivity index is 1.45. The Bertz CT molecular complexity index is 946. The van der Waals surface area contributed by atoms with E-state index in [4.69, 9.17) is 0 Å². The zero-order valence-corrected chi connectivity index (χ0v) is 14.6. The monoisotopic (exact) mass is 364 g/mol. The van der Waals surface area contributed by atoms with E-state index in [0.717, 1.165) is 29.4 Å². The lowest BCUT2D eigenvalue weighted by atomic mass is 9.94. The fraction of sp³-hybridized carbons (Fsp3) is 0.250. The number of aliphatic hydroxyl groups is 1. The molecule has 0 bridgehead atoms. The number of aromatic nitrogens is 2. The average molecular weight is 364 g/mol. The van der Waals surface area contributed by atoms with Gasteiger partial charge in [0.15, 0.2) is 0 Å². The number of imidazole rings is 1. The predicted octanol–water partition coefficient (Wildman–Crippen LogP) is 1.71. The molecule has 1 aliphatic rings. The average Bonchev–Trinajstić information content (AvgIpc) is 3.41. The lowest BCUT2D eigenvalue weighted by Gasteiger charge is -2.20. The second kappa shape index (κ2) is 6.85. The van der Waals surface area contributed by atoms with Crippen molar-refractivity contribution in [3.05, 3.63) is 60.2 Å². The number of amides is 2. The normalized spacial score (nSPS) is 15.9. The zero-order chi connectivity index (χ0) is 18.9. The number of anilines is 1. The number of carbonyl (C=O) groups excluding carboxylic acids is 2. The molecule has 3 aromatic rings. The van der Waals surface area contributed by atoms with Gasteiger partial charge in [-0.2, -0.15) is 0 Å². The van der Waals surface area contributed by atoms with Crippen molar-refractivity contribution in [1.82, 2.24) is 15.3 Å². The number of hydrogen-bond donors (Lipinski definition) is 4. The lowest BCUT2D eigenvalue weighted by Crippen LogP contribution is -2.49. The molecule has 27 heavy (non-hydrogen) atoms. The molecule has 1 atom stereocenters. The van der Waals surface area contributed by atoms with Gasteiger partial charge in [-0.05, 0) is 30.5 Å². The van der Waals surface area contributed by atoms with Crippen molar-refractivity contribution >= 4 is 28.8 Å². The van der Waals surface area contributed by atoms with Gasteiger partial charge >= 0.3 is 0 Å². The Morgan fingerprint density at radius 1 is 1.11 bits per heavy atom. The SMILES string of the molecule is O=C(Nc1nc2ccccc2[nH]1)[C@H](CO)NC(=O)C1(c2ccccc2)CC1. The van der Waals surface area contributed by atoms with E-state index < -0.39 is 24.0 Å². The number of fused-ring (bicyclic) bond motifs is 1. The molecular weight excluding hydrogens is 344 g/mol. The summed E-state index contributed by atoms with van der Waals surface area (Å²) in [7, 11) is 0. The van der Waals surface area contributed by atoms with Crippen LogP contribution in [0.4, 0.5) is 5.95 Å². The highest BCUT2D eigenvalue weighted by molar-refractivity contribution is 5.99. The van der Waals surface area contributed by atoms with E-state index in [-0.39, 0.29) is 11.9 Å². The zero-order valence-electron chi connectivity index (χ0n) is 14.6. The fourth-order valence-electron chi connectivity index (χ4n) is 3.24. The molecular formula is C20H20N4O3. The number of aliphatic hydroxyl groups excluding tert-OH is 1. The van der Waals surface area contributed by atoms with Crippen LogP contribution in [-0.4, -0.2) is 39.5 Å². The van der Waals surface area contributed by atoms with Crippen LogP contribution >= 0.6 is 0 Å². The molecule has 7 nitrogen and oxygen atoms in total. The molecule has 1 aliphatic carbocycles. The Labute approximate surface area is 155 Å². The number of benzene rings is 2. The smallest absolute Gasteiger partial charge is 0.251 e. The maximum absolute atomic E-state index is 12.8. The van der Waals surface area contributed by atoms with E-state index in [9.17, 15) is 14.7 Å². The van der Waals surface area contributed by atoms with E-state index in [1.54, 1.807) is 0 Å². The van der Waals surface area contributed by atoms with Crippen molar-refractivity contribution in [2.24, 2.45) is 0 Å². The standard InChI is InChI=1S/C20H20N4O3/c25-12-16(17(26)24-19-22-14-8-4-5-9-15(14)23-19)21-18(27)20(10-11-20)13-6-2-1-3-7-13/h1-9,16,25H,10-12H2,(H,21,27)(H2,22,23,24,26)/t16-/m0/s1. The number of carbonyl (C=O) groups is 2. The first kappa shape index (κ1) is 17.2. The highest BCUT2D eigenvalue weighted by atomic mass is 16.3. The van der Waals surface area contributed by atoms with Crippen molar-refractivity contribution < 1.29 is 14.7 Å². The van der Waals surface area contributed by atoms with Crippen LogP contribution in [0.2, 0.25) is 0 Å². The highest BCUT2D eigenvalue weighted by Crippen LogP contribution is 2.48. The molecule has 1 heterocycles. The summed E-state index contributed by atoms with van der Waals surface area (Å²) in [5.74, 6) is -0.487. The summed E-state index contributed by atoms with van der Waals surface area (Å²) < 4.78 is 0. The maximum Gasteiger partial charge on any atom is 0.251 e. The number of rotatable bonds is 6. The third kappa shape index (κ3) is 3.29. The molecule has 1 aromatic heterocycles. The first-order valence-electron chi connectivity index (χ1n) is 8.85. The lowest BCUT2D eigenvalue weighted by molar-refractivity contribution is -0.129. The molecule has 0 radical (unpaired) electrons. The molecule has 2 aromatic carbocycles. The van der Waals surface area contributed by atoms with Crippen molar-refractivity contribution in [2.45, 2.75) is 24.3 Å². The summed E-state index contributed by atoms with van der Waals surface area (Å²) in [4.78, 5) is 32.5. The van der Waals surface area contributed by atoms with E-state index >= 15 is 0 Å². The minimum Gasteiger partial charge on any atom is -0.394 e. The van der Waals surface area contributed by atoms with Gasteiger partial charge in [0.05, 0.1) is 23.1 Å². The minimum absolute atomic E-state index is 0.243. The number of nitrogens with one attached hydrogen (secondary N) is 3. The van der Waals surface area contributed by atoms with Gasteiger partial charge in [-0.1, -0.05) is 42.5 Å². The molecule has 4 N–H and O–H groups in total. The Hall–Kier alpha value is -3.19. The van der Waals surface area contributed by atoms with Crippen LogP contribution in [0.5, 0.6) is 0 Å². The molecule has 138 valence electrons. The third-order valence-corrected chi connectivity index (χ3v) is 4.95. The molecule has 7 heteroatoms. The van der Waals surface area contributed by atoms with Gasteiger partial charge in [0.2, 0.25) is 11.9 Å². The summed E-state index contributed by atoms with van der Waals surface area (Å²) in [5, 5.41) is 14.9. The van der Waals surface area contributed by atoms with E-state index in [1.165, 1.54) is 0 Å². The first-order valence-corrected chi connectivity index (χ1v) is 8.85. The van der Waals surface area contributed by atoms with Crippen LogP contribution in [0.25, 0.3) is 11.0 Å². The van der Waals surface area contributed by atoms with Crippen molar-refractivity contribution in [1.29, 1.82) is 0 Å². The van der Waals surface area contributed by atoms with Gasteiger partial charge in [-0.3, -0.25) is 14.9 Å². The van der Waals surface area contributed by atoms with Gasteiger partial charge < -0.3 is 15.4 Å². The summed E-state index contributed by atoms with van der Waals surface area (Å²) in [6.45, 7) is -0.497. The number of aromatic amines is 1. The van der Waals surface area contributed by atoms with E-state index in [0.29, 0.717) is 0 Å². The quantitative estimate of drug-likeness (QED) is 0.534. The van der Waals surface area contributed by atoms with E-state index in [1.807, 2.05) is 54.6 Å². The minimum atomic E-state index is -1.05. The van der Waals surface area contributed by atoms with Crippen LogP contribution in [0.15, 0.2) is 54.6 Å². The first-order chi connectivity index (χ1) is 13.1. The van der Waals surface area contributed by atoms with Crippen molar-refractivity contribution in [2.75, 3.05) is 11.9 Å². The van der Waals surface area contributed by atoms with Gasteiger partial charge in [-0.25, -0.2) is 4.98 Å². The summed E-state index contributed by atoms with van der Waals surface area (Å²) >= 11 is 0. The van der Waals surface area contributed by atoms with Crippen LogP contribution in [-0.2, 0) is 15.0 Å². The van der Waals surface area contributed by atoms with Crippen LogP contribution < -0.4 is 10.6 Å². The third-order valence-electron chi connectivity index (χ3n) is 4.95. The van der Waals surface area contributed by atoms with Crippen molar-refractivity contribution in [3.8, 4) is 0 Å². The van der Waals surface area contributed by atoms with Gasteiger partial charge in [0.1, 0.15) is 6.04 Å². The fourth-order valence-corrected chi connectivity index (χ4v) is 3.24. The molecule has 1 saturated carbocycles. The Morgan fingerprint density at radius 3 is 2.48 bits per heavy atom. The molecule has 1 fully saturated rings. The summed E-state index contributed by atoms with van der Waals surface area (Å²) in [6.07, 6.45) is 1.46. The second-order valence-corrected chi connectivity index (χ2v) is 6.75. The Kier molecular flexibility index (Phi) is 4.37. The summed E-state index contributed by atoms with van der Waals surface area (Å²) in [5.41, 5.74) is 1.84. The van der Waals surface area contributed by atoms with Crippen LogP contribution in [0.1, 0.15) is 18.4 Å². The predicted molar refractivity (Wildman–Crippen MR) is 101 cm³/mol. The largest absolute Gasteiger partial charge is 0.394 e. The second-order valence-electron chi connectivity index (χ2n) is 6.75. The van der Waals surface area contributed by atoms with Crippen molar-refractivity contribution in [3.63, 3.8) is 0 Å². The molecule has 0 saturated heterocycles. The maximum atomic E-state index is 12.8. The highest BCUT2D eigenvalue weighted by Gasteiger charge is 2.51. The Morgan fingerprint density at radius 2 is 1.81 bits per heavy atom. The number of H-pyrrole nitrogens is 1. The molecule has 4 rings (SSSR count). The molecule has 0 aliphatic heterocycles. The van der Waals surface area contributed by atoms with Gasteiger partial charge in [-0.15, -0.1) is 0 Å². The number of hydrogen-bond acceptors (Lipinski definition) is 4. The topological polar surface area (TPSA) is 107 Å². The molecule has 0 unspecified atom stereocenters.